The average Bonchev–Trinajstić information content (AvgIpc) is 2.48. The standard InChI is InChI=1S/C17H20OSi/c1-4-15(2)19(3,17-13-9-6-10-14-17)18-16-11-7-5-8-12-16/h4-14H,1-3H3/b15-4+. The fourth-order valence-electron chi connectivity index (χ4n) is 2.12. The van der Waals surface area contributed by atoms with Crippen LogP contribution in [0.4, 0.5) is 0 Å². The molecule has 2 aromatic rings. The summed E-state index contributed by atoms with van der Waals surface area (Å²) in [7, 11) is -2.11. The molecular weight excluding hydrogens is 248 g/mol. The number of benzene rings is 2. The van der Waals surface area contributed by atoms with Crippen molar-refractivity contribution in [3.63, 3.8) is 0 Å². The molecule has 0 aliphatic carbocycles. The van der Waals surface area contributed by atoms with Gasteiger partial charge in [0.05, 0.1) is 0 Å². The molecule has 0 fully saturated rings. The van der Waals surface area contributed by atoms with Gasteiger partial charge in [-0.25, -0.2) is 0 Å². The first kappa shape index (κ1) is 13.6. The van der Waals surface area contributed by atoms with E-state index in [1.54, 1.807) is 0 Å². The number of allylic oxidation sites excluding steroid dienone is 2. The Labute approximate surface area is 116 Å². The fraction of sp³-hybridized carbons (Fsp3) is 0.176. The molecule has 0 N–H and O–H groups in total. The molecule has 0 amide bonds. The normalized spacial score (nSPS) is 14.8. The van der Waals surface area contributed by atoms with Crippen molar-refractivity contribution in [2.24, 2.45) is 0 Å². The minimum atomic E-state index is -2.11. The van der Waals surface area contributed by atoms with Crippen LogP contribution in [0.5, 0.6) is 5.75 Å². The first-order valence-electron chi connectivity index (χ1n) is 6.60. The van der Waals surface area contributed by atoms with Gasteiger partial charge in [0.1, 0.15) is 5.75 Å². The Kier molecular flexibility index (Phi) is 4.22. The quantitative estimate of drug-likeness (QED) is 0.760. The first-order valence-corrected chi connectivity index (χ1v) is 9.00. The van der Waals surface area contributed by atoms with E-state index in [1.807, 2.05) is 36.4 Å². The van der Waals surface area contributed by atoms with Crippen molar-refractivity contribution < 1.29 is 4.43 Å². The summed E-state index contributed by atoms with van der Waals surface area (Å²) in [5, 5.41) is 2.64. The van der Waals surface area contributed by atoms with Crippen molar-refractivity contribution >= 4 is 13.5 Å². The predicted octanol–water partition coefficient (Wildman–Crippen LogP) is 4.05. The van der Waals surface area contributed by atoms with Crippen LogP contribution in [0.25, 0.3) is 0 Å². The van der Waals surface area contributed by atoms with Crippen molar-refractivity contribution in [2.75, 3.05) is 0 Å². The molecule has 1 nitrogen and oxygen atoms in total. The van der Waals surface area contributed by atoms with Gasteiger partial charge < -0.3 is 4.43 Å². The molecule has 1 atom stereocenters. The molecule has 0 radical (unpaired) electrons. The monoisotopic (exact) mass is 268 g/mol. The van der Waals surface area contributed by atoms with Crippen LogP contribution >= 0.6 is 0 Å². The molecule has 0 heterocycles. The molecule has 2 aromatic carbocycles. The second kappa shape index (κ2) is 5.89. The van der Waals surface area contributed by atoms with Gasteiger partial charge in [0.25, 0.3) is 0 Å². The summed E-state index contributed by atoms with van der Waals surface area (Å²) in [5.74, 6) is 0.946. The van der Waals surface area contributed by atoms with Crippen molar-refractivity contribution in [3.8, 4) is 5.75 Å². The Morgan fingerprint density at radius 3 is 2.00 bits per heavy atom. The summed E-state index contributed by atoms with van der Waals surface area (Å²) in [6.45, 7) is 6.50. The fourth-order valence-corrected chi connectivity index (χ4v) is 4.84. The number of para-hydroxylation sites is 1. The van der Waals surface area contributed by atoms with Crippen LogP contribution in [0.15, 0.2) is 71.9 Å². The zero-order chi connectivity index (χ0) is 13.7. The van der Waals surface area contributed by atoms with Crippen LogP contribution in [-0.2, 0) is 0 Å². The van der Waals surface area contributed by atoms with Crippen LogP contribution in [0.3, 0.4) is 0 Å². The smallest absolute Gasteiger partial charge is 0.307 e. The molecular formula is C17H20OSi. The van der Waals surface area contributed by atoms with Gasteiger partial charge in [-0.05, 0) is 42.9 Å². The van der Waals surface area contributed by atoms with Gasteiger partial charge in [-0.1, -0.05) is 54.6 Å². The third-order valence-corrected chi connectivity index (χ3v) is 7.45. The molecule has 0 aliphatic rings. The zero-order valence-electron chi connectivity index (χ0n) is 11.8. The number of hydrogen-bond donors (Lipinski definition) is 0. The highest BCUT2D eigenvalue weighted by atomic mass is 28.4. The Morgan fingerprint density at radius 2 is 1.47 bits per heavy atom. The summed E-state index contributed by atoms with van der Waals surface area (Å²) in [5.41, 5.74) is 0. The van der Waals surface area contributed by atoms with Crippen molar-refractivity contribution in [3.05, 3.63) is 71.9 Å². The van der Waals surface area contributed by atoms with E-state index in [-0.39, 0.29) is 0 Å². The van der Waals surface area contributed by atoms with Crippen LogP contribution in [0.1, 0.15) is 13.8 Å². The van der Waals surface area contributed by atoms with Gasteiger partial charge in [-0.3, -0.25) is 0 Å². The van der Waals surface area contributed by atoms with Crippen molar-refractivity contribution in [1.82, 2.24) is 0 Å². The lowest BCUT2D eigenvalue weighted by Crippen LogP contribution is -2.52. The molecule has 19 heavy (non-hydrogen) atoms. The average molecular weight is 268 g/mol. The van der Waals surface area contributed by atoms with Crippen LogP contribution in [-0.4, -0.2) is 8.32 Å². The van der Waals surface area contributed by atoms with Gasteiger partial charge in [-0.2, -0.15) is 0 Å². The van der Waals surface area contributed by atoms with E-state index in [4.69, 9.17) is 4.43 Å². The van der Waals surface area contributed by atoms with E-state index >= 15 is 0 Å². The molecule has 2 heteroatoms. The van der Waals surface area contributed by atoms with Crippen LogP contribution in [0.2, 0.25) is 6.55 Å². The van der Waals surface area contributed by atoms with E-state index < -0.39 is 8.32 Å². The van der Waals surface area contributed by atoms with Gasteiger partial charge in [0.15, 0.2) is 0 Å². The van der Waals surface area contributed by atoms with Gasteiger partial charge in [0.2, 0.25) is 0 Å². The van der Waals surface area contributed by atoms with Crippen LogP contribution in [0, 0.1) is 0 Å². The maximum atomic E-state index is 6.41. The SMILES string of the molecule is C/C=C(\C)[Si](C)(Oc1ccccc1)c1ccccc1. The minimum Gasteiger partial charge on any atom is -0.535 e. The van der Waals surface area contributed by atoms with Crippen LogP contribution < -0.4 is 9.61 Å². The molecule has 98 valence electrons. The minimum absolute atomic E-state index is 0.946. The largest absolute Gasteiger partial charge is 0.535 e. The first-order chi connectivity index (χ1) is 9.16. The summed E-state index contributed by atoms with van der Waals surface area (Å²) in [6, 6.07) is 20.6. The summed E-state index contributed by atoms with van der Waals surface area (Å²) >= 11 is 0. The third kappa shape index (κ3) is 2.96. The predicted molar refractivity (Wildman–Crippen MR) is 84.2 cm³/mol. The lowest BCUT2D eigenvalue weighted by Gasteiger charge is -2.29. The summed E-state index contributed by atoms with van der Waals surface area (Å²) < 4.78 is 6.41. The van der Waals surface area contributed by atoms with Gasteiger partial charge in [0, 0.05) is 0 Å². The van der Waals surface area contributed by atoms with E-state index in [9.17, 15) is 0 Å². The second-order valence-corrected chi connectivity index (χ2v) is 8.42. The van der Waals surface area contributed by atoms with Gasteiger partial charge in [-0.15, -0.1) is 0 Å². The molecule has 0 aromatic heterocycles. The topological polar surface area (TPSA) is 9.23 Å². The molecule has 2 rings (SSSR count). The Hall–Kier alpha value is -1.80. The van der Waals surface area contributed by atoms with Crippen molar-refractivity contribution in [1.29, 1.82) is 0 Å². The molecule has 0 bridgehead atoms. The molecule has 0 spiro atoms. The van der Waals surface area contributed by atoms with Crippen molar-refractivity contribution in [2.45, 2.75) is 20.4 Å². The second-order valence-electron chi connectivity index (χ2n) is 4.79. The van der Waals surface area contributed by atoms with E-state index in [0.29, 0.717) is 0 Å². The Morgan fingerprint density at radius 1 is 0.947 bits per heavy atom. The highest BCUT2D eigenvalue weighted by Gasteiger charge is 2.35. The summed E-state index contributed by atoms with van der Waals surface area (Å²) in [6.07, 6.45) is 2.17. The Balaban J connectivity index is 2.42. The zero-order valence-corrected chi connectivity index (χ0v) is 12.8. The number of rotatable bonds is 4. The maximum absolute atomic E-state index is 6.41. The van der Waals surface area contributed by atoms with E-state index in [2.05, 4.69) is 50.7 Å². The lowest BCUT2D eigenvalue weighted by atomic mass is 10.3. The molecule has 0 aliphatic heterocycles. The van der Waals surface area contributed by atoms with Gasteiger partial charge >= 0.3 is 8.32 Å². The maximum Gasteiger partial charge on any atom is 0.307 e. The molecule has 1 unspecified atom stereocenters. The highest BCUT2D eigenvalue weighted by Crippen LogP contribution is 2.21. The lowest BCUT2D eigenvalue weighted by molar-refractivity contribution is 0.565. The highest BCUT2D eigenvalue weighted by molar-refractivity contribution is 6.92. The molecule has 0 saturated heterocycles. The molecule has 0 saturated carbocycles. The van der Waals surface area contributed by atoms with E-state index in [0.717, 1.165) is 5.75 Å². The Bertz CT molecular complexity index is 548. The summed E-state index contributed by atoms with van der Waals surface area (Å²) in [4.78, 5) is 0. The van der Waals surface area contributed by atoms with E-state index in [1.165, 1.54) is 10.4 Å². The third-order valence-electron chi connectivity index (χ3n) is 3.58. The number of hydrogen-bond acceptors (Lipinski definition) is 1.